The predicted octanol–water partition coefficient (Wildman–Crippen LogP) is 3.06. The summed E-state index contributed by atoms with van der Waals surface area (Å²) < 4.78 is 18.9. The Kier molecular flexibility index (Phi) is 5.95. The van der Waals surface area contributed by atoms with E-state index in [1.54, 1.807) is 13.2 Å². The molecule has 90 valence electrons. The number of hydrogen-bond donors (Lipinski definition) is 0. The van der Waals surface area contributed by atoms with Gasteiger partial charge in [-0.05, 0) is 37.2 Å². The maximum absolute atomic E-state index is 13.1. The molecule has 0 saturated carbocycles. The summed E-state index contributed by atoms with van der Waals surface area (Å²) in [4.78, 5) is 2.15. The van der Waals surface area contributed by atoms with Crippen LogP contribution >= 0.6 is 15.9 Å². The fraction of sp³-hybridized carbons (Fsp3) is 0.500. The first kappa shape index (κ1) is 13.6. The summed E-state index contributed by atoms with van der Waals surface area (Å²) in [5, 5.41) is 0. The van der Waals surface area contributed by atoms with Crippen molar-refractivity contribution in [2.24, 2.45) is 0 Å². The number of rotatable bonds is 6. The van der Waals surface area contributed by atoms with E-state index < -0.39 is 0 Å². The lowest BCUT2D eigenvalue weighted by Crippen LogP contribution is -2.20. The van der Waals surface area contributed by atoms with Crippen molar-refractivity contribution in [2.45, 2.75) is 13.0 Å². The Labute approximate surface area is 105 Å². The molecule has 2 nitrogen and oxygen atoms in total. The van der Waals surface area contributed by atoms with E-state index in [0.29, 0.717) is 0 Å². The highest BCUT2D eigenvalue weighted by molar-refractivity contribution is 9.10. The molecule has 0 unspecified atom stereocenters. The molecule has 0 saturated heterocycles. The van der Waals surface area contributed by atoms with Crippen molar-refractivity contribution in [2.75, 3.05) is 27.3 Å². The zero-order chi connectivity index (χ0) is 12.0. The number of hydrogen-bond acceptors (Lipinski definition) is 2. The first-order chi connectivity index (χ1) is 7.61. The molecule has 0 atom stereocenters. The highest BCUT2D eigenvalue weighted by Crippen LogP contribution is 2.16. The average molecular weight is 290 g/mol. The summed E-state index contributed by atoms with van der Waals surface area (Å²) in [6.07, 6.45) is 0.990. The molecule has 1 rings (SSSR count). The maximum atomic E-state index is 13.1. The summed E-state index contributed by atoms with van der Waals surface area (Å²) in [6.45, 7) is 2.46. The fourth-order valence-electron chi connectivity index (χ4n) is 1.57. The molecule has 0 aliphatic rings. The molecule has 0 amide bonds. The van der Waals surface area contributed by atoms with Crippen LogP contribution in [-0.4, -0.2) is 32.2 Å². The molecule has 0 spiro atoms. The van der Waals surface area contributed by atoms with E-state index in [2.05, 4.69) is 20.8 Å². The minimum atomic E-state index is -0.199. The maximum Gasteiger partial charge on any atom is 0.124 e. The number of nitrogens with zero attached hydrogens (tertiary/aromatic N) is 1. The van der Waals surface area contributed by atoms with Crippen LogP contribution in [0.25, 0.3) is 0 Å². The molecule has 0 N–H and O–H groups in total. The van der Waals surface area contributed by atoms with E-state index in [0.717, 1.165) is 36.2 Å². The van der Waals surface area contributed by atoms with Gasteiger partial charge in [-0.25, -0.2) is 4.39 Å². The molecule has 0 heterocycles. The quantitative estimate of drug-likeness (QED) is 0.747. The summed E-state index contributed by atoms with van der Waals surface area (Å²) in [6, 6.07) is 4.97. The molecule has 0 fully saturated rings. The molecule has 0 aromatic heterocycles. The van der Waals surface area contributed by atoms with E-state index in [1.165, 1.54) is 6.07 Å². The van der Waals surface area contributed by atoms with Gasteiger partial charge in [0, 0.05) is 31.3 Å². The van der Waals surface area contributed by atoms with Crippen LogP contribution in [0.3, 0.4) is 0 Å². The molecule has 0 aliphatic heterocycles. The second-order valence-electron chi connectivity index (χ2n) is 3.86. The van der Waals surface area contributed by atoms with E-state index in [9.17, 15) is 4.39 Å². The van der Waals surface area contributed by atoms with Crippen molar-refractivity contribution >= 4 is 15.9 Å². The van der Waals surface area contributed by atoms with Gasteiger partial charge in [-0.3, -0.25) is 0 Å². The number of benzene rings is 1. The Hall–Kier alpha value is -0.450. The zero-order valence-corrected chi connectivity index (χ0v) is 11.3. The van der Waals surface area contributed by atoms with Crippen molar-refractivity contribution in [1.29, 1.82) is 0 Å². The first-order valence-corrected chi connectivity index (χ1v) is 6.03. The lowest BCUT2D eigenvalue weighted by molar-refractivity contribution is 0.178. The van der Waals surface area contributed by atoms with E-state index in [-0.39, 0.29) is 5.82 Å². The Morgan fingerprint density at radius 2 is 2.12 bits per heavy atom. The molecule has 0 aliphatic carbocycles. The zero-order valence-electron chi connectivity index (χ0n) is 9.67. The molecular formula is C12H17BrFNO. The van der Waals surface area contributed by atoms with Crippen LogP contribution < -0.4 is 0 Å². The van der Waals surface area contributed by atoms with Crippen LogP contribution in [0.1, 0.15) is 12.0 Å². The number of halogens is 2. The summed E-state index contributed by atoms with van der Waals surface area (Å²) >= 11 is 3.29. The third-order valence-corrected chi connectivity index (χ3v) is 2.72. The van der Waals surface area contributed by atoms with Crippen LogP contribution in [0.2, 0.25) is 0 Å². The van der Waals surface area contributed by atoms with Crippen LogP contribution in [-0.2, 0) is 11.3 Å². The molecular weight excluding hydrogens is 273 g/mol. The van der Waals surface area contributed by atoms with Crippen molar-refractivity contribution in [3.63, 3.8) is 0 Å². The average Bonchev–Trinajstić information content (AvgIpc) is 2.16. The van der Waals surface area contributed by atoms with Gasteiger partial charge in [-0.15, -0.1) is 0 Å². The summed E-state index contributed by atoms with van der Waals surface area (Å²) in [5.41, 5.74) is 0.979. The highest BCUT2D eigenvalue weighted by atomic mass is 79.9. The van der Waals surface area contributed by atoms with Gasteiger partial charge in [0.05, 0.1) is 0 Å². The predicted molar refractivity (Wildman–Crippen MR) is 66.9 cm³/mol. The van der Waals surface area contributed by atoms with Crippen molar-refractivity contribution in [1.82, 2.24) is 4.90 Å². The van der Waals surface area contributed by atoms with Gasteiger partial charge in [-0.2, -0.15) is 0 Å². The second-order valence-corrected chi connectivity index (χ2v) is 4.78. The fourth-order valence-corrected chi connectivity index (χ4v) is 2.08. The van der Waals surface area contributed by atoms with Crippen molar-refractivity contribution in [3.8, 4) is 0 Å². The van der Waals surface area contributed by atoms with Gasteiger partial charge >= 0.3 is 0 Å². The van der Waals surface area contributed by atoms with Crippen LogP contribution in [0.4, 0.5) is 4.39 Å². The Morgan fingerprint density at radius 1 is 1.38 bits per heavy atom. The van der Waals surface area contributed by atoms with Gasteiger partial charge in [0.1, 0.15) is 5.82 Å². The van der Waals surface area contributed by atoms with Crippen LogP contribution in [0, 0.1) is 5.82 Å². The SMILES string of the molecule is COCCCN(C)Cc1cc(F)cc(Br)c1. The largest absolute Gasteiger partial charge is 0.385 e. The lowest BCUT2D eigenvalue weighted by Gasteiger charge is -2.16. The van der Waals surface area contributed by atoms with Crippen molar-refractivity contribution < 1.29 is 9.13 Å². The second kappa shape index (κ2) is 6.99. The Bertz CT molecular complexity index is 313. The normalized spacial score (nSPS) is 11.1. The Balaban J connectivity index is 2.45. The van der Waals surface area contributed by atoms with Crippen LogP contribution in [0.5, 0.6) is 0 Å². The topological polar surface area (TPSA) is 12.5 Å². The molecule has 16 heavy (non-hydrogen) atoms. The molecule has 1 aromatic rings. The lowest BCUT2D eigenvalue weighted by atomic mass is 10.2. The summed E-state index contributed by atoms with van der Waals surface area (Å²) in [5.74, 6) is -0.199. The van der Waals surface area contributed by atoms with Gasteiger partial charge in [-0.1, -0.05) is 15.9 Å². The van der Waals surface area contributed by atoms with E-state index >= 15 is 0 Å². The molecule has 1 aromatic carbocycles. The standard InChI is InChI=1S/C12H17BrFNO/c1-15(4-3-5-16-2)9-10-6-11(13)8-12(14)7-10/h6-8H,3-5,9H2,1-2H3. The minimum absolute atomic E-state index is 0.199. The third-order valence-electron chi connectivity index (χ3n) is 2.26. The van der Waals surface area contributed by atoms with E-state index in [4.69, 9.17) is 4.74 Å². The highest BCUT2D eigenvalue weighted by Gasteiger charge is 2.03. The molecule has 4 heteroatoms. The van der Waals surface area contributed by atoms with Gasteiger partial charge in [0.25, 0.3) is 0 Å². The number of methoxy groups -OCH3 is 1. The number of ether oxygens (including phenoxy) is 1. The van der Waals surface area contributed by atoms with Gasteiger partial charge in [0.15, 0.2) is 0 Å². The van der Waals surface area contributed by atoms with Crippen molar-refractivity contribution in [3.05, 3.63) is 34.1 Å². The molecule has 0 bridgehead atoms. The van der Waals surface area contributed by atoms with Crippen LogP contribution in [0.15, 0.2) is 22.7 Å². The van der Waals surface area contributed by atoms with Gasteiger partial charge in [0.2, 0.25) is 0 Å². The first-order valence-electron chi connectivity index (χ1n) is 5.24. The van der Waals surface area contributed by atoms with E-state index in [1.807, 2.05) is 13.1 Å². The smallest absolute Gasteiger partial charge is 0.124 e. The third kappa shape index (κ3) is 5.05. The molecule has 0 radical (unpaired) electrons. The Morgan fingerprint density at radius 3 is 2.75 bits per heavy atom. The minimum Gasteiger partial charge on any atom is -0.385 e. The van der Waals surface area contributed by atoms with Gasteiger partial charge < -0.3 is 9.64 Å². The monoisotopic (exact) mass is 289 g/mol. The summed E-state index contributed by atoms with van der Waals surface area (Å²) in [7, 11) is 3.72.